The van der Waals surface area contributed by atoms with Crippen LogP contribution < -0.4 is 4.72 Å². The molecule has 1 aromatic rings. The molecule has 0 amide bonds. The number of sulfonamides is 1. The van der Waals surface area contributed by atoms with Gasteiger partial charge in [0, 0.05) is 12.6 Å². The van der Waals surface area contributed by atoms with Gasteiger partial charge in [-0.1, -0.05) is 20.8 Å². The molecule has 0 saturated heterocycles. The molecule has 0 bridgehead atoms. The Hall–Kier alpha value is -1.34. The molecule has 0 fully saturated rings. The molecule has 1 heterocycles. The van der Waals surface area contributed by atoms with Gasteiger partial charge >= 0.3 is 5.97 Å². The number of aryl methyl sites for hydroxylation is 1. The van der Waals surface area contributed by atoms with Gasteiger partial charge in [0.1, 0.15) is 10.7 Å². The van der Waals surface area contributed by atoms with E-state index in [1.807, 2.05) is 20.8 Å². The molecule has 0 aliphatic heterocycles. The zero-order chi connectivity index (χ0) is 14.8. The van der Waals surface area contributed by atoms with Gasteiger partial charge in [0.2, 0.25) is 15.8 Å². The average molecular weight is 289 g/mol. The van der Waals surface area contributed by atoms with Gasteiger partial charge in [0.25, 0.3) is 0 Å². The average Bonchev–Trinajstić information content (AvgIpc) is 2.69. The fourth-order valence-corrected chi connectivity index (χ4v) is 2.71. The second-order valence-corrected chi connectivity index (χ2v) is 6.64. The van der Waals surface area contributed by atoms with Crippen molar-refractivity contribution >= 4 is 16.0 Å². The van der Waals surface area contributed by atoms with E-state index in [1.54, 1.807) is 0 Å². The van der Waals surface area contributed by atoms with Crippen LogP contribution in [0.5, 0.6) is 0 Å². The third-order valence-electron chi connectivity index (χ3n) is 3.11. The van der Waals surface area contributed by atoms with Crippen molar-refractivity contribution in [2.45, 2.75) is 32.6 Å². The van der Waals surface area contributed by atoms with Gasteiger partial charge < -0.3 is 9.52 Å². The maximum atomic E-state index is 12.1. The van der Waals surface area contributed by atoms with E-state index >= 15 is 0 Å². The van der Waals surface area contributed by atoms with Gasteiger partial charge in [-0.25, -0.2) is 17.9 Å². The van der Waals surface area contributed by atoms with Crippen molar-refractivity contribution in [2.75, 3.05) is 6.54 Å². The molecular formula is C12H19NO5S. The Morgan fingerprint density at radius 1 is 1.42 bits per heavy atom. The fourth-order valence-electron chi connectivity index (χ4n) is 1.39. The first-order valence-corrected chi connectivity index (χ1v) is 7.47. The van der Waals surface area contributed by atoms with Crippen LogP contribution in [-0.2, 0) is 10.0 Å². The Bertz CT molecular complexity index is 559. The highest BCUT2D eigenvalue weighted by molar-refractivity contribution is 7.89. The van der Waals surface area contributed by atoms with Crippen molar-refractivity contribution in [1.29, 1.82) is 0 Å². The number of nitrogens with one attached hydrogen (secondary N) is 1. The summed E-state index contributed by atoms with van der Waals surface area (Å²) in [4.78, 5) is 10.6. The molecule has 0 aliphatic rings. The zero-order valence-corrected chi connectivity index (χ0v) is 12.2. The molecule has 0 saturated carbocycles. The van der Waals surface area contributed by atoms with Gasteiger partial charge in [-0.2, -0.15) is 0 Å². The Morgan fingerprint density at radius 2 is 2.00 bits per heavy atom. The van der Waals surface area contributed by atoms with Crippen LogP contribution in [0, 0.1) is 18.8 Å². The second-order valence-electron chi connectivity index (χ2n) is 4.91. The van der Waals surface area contributed by atoms with Gasteiger partial charge in [-0.15, -0.1) is 0 Å². The largest absolute Gasteiger partial charge is 0.475 e. The number of hydrogen-bond donors (Lipinski definition) is 2. The van der Waals surface area contributed by atoms with E-state index in [4.69, 9.17) is 9.52 Å². The summed E-state index contributed by atoms with van der Waals surface area (Å²) in [5, 5.41) is 8.77. The predicted octanol–water partition coefficient (Wildman–Crippen LogP) is 1.86. The topological polar surface area (TPSA) is 96.6 Å². The standard InChI is InChI=1S/C12H19NO5S/c1-7(2)8(3)6-13-19(16,17)11-5-10(12(14)15)18-9(11)4/h5,7-8,13H,6H2,1-4H3,(H,14,15). The van der Waals surface area contributed by atoms with Gasteiger partial charge in [0.15, 0.2) is 0 Å². The maximum absolute atomic E-state index is 12.1. The van der Waals surface area contributed by atoms with E-state index in [-0.39, 0.29) is 22.3 Å². The maximum Gasteiger partial charge on any atom is 0.371 e. The second kappa shape index (κ2) is 5.75. The van der Waals surface area contributed by atoms with Crippen molar-refractivity contribution in [3.05, 3.63) is 17.6 Å². The predicted molar refractivity (Wildman–Crippen MR) is 69.6 cm³/mol. The molecule has 1 atom stereocenters. The van der Waals surface area contributed by atoms with Gasteiger partial charge in [-0.3, -0.25) is 0 Å². The summed E-state index contributed by atoms with van der Waals surface area (Å²) in [6, 6.07) is 1.03. The molecule has 108 valence electrons. The van der Waals surface area contributed by atoms with Crippen LogP contribution in [0.2, 0.25) is 0 Å². The van der Waals surface area contributed by atoms with E-state index in [1.165, 1.54) is 6.92 Å². The smallest absolute Gasteiger partial charge is 0.371 e. The van der Waals surface area contributed by atoms with Crippen LogP contribution in [0.1, 0.15) is 37.1 Å². The van der Waals surface area contributed by atoms with Crippen molar-refractivity contribution in [2.24, 2.45) is 11.8 Å². The molecule has 6 nitrogen and oxygen atoms in total. The molecule has 0 aliphatic carbocycles. The van der Waals surface area contributed by atoms with Crippen molar-refractivity contribution in [3.63, 3.8) is 0 Å². The van der Waals surface area contributed by atoms with Crippen LogP contribution >= 0.6 is 0 Å². The van der Waals surface area contributed by atoms with Gasteiger partial charge in [0.05, 0.1) is 0 Å². The summed E-state index contributed by atoms with van der Waals surface area (Å²) in [5.74, 6) is -1.07. The van der Waals surface area contributed by atoms with E-state index in [2.05, 4.69) is 4.72 Å². The summed E-state index contributed by atoms with van der Waals surface area (Å²) in [6.07, 6.45) is 0. The Morgan fingerprint density at radius 3 is 2.42 bits per heavy atom. The zero-order valence-electron chi connectivity index (χ0n) is 11.4. The molecule has 0 radical (unpaired) electrons. The summed E-state index contributed by atoms with van der Waals surface area (Å²) in [6.45, 7) is 7.67. The monoisotopic (exact) mass is 289 g/mol. The number of furan rings is 1. The quantitative estimate of drug-likeness (QED) is 0.833. The summed E-state index contributed by atoms with van der Waals surface area (Å²) in [7, 11) is -3.74. The molecule has 7 heteroatoms. The minimum Gasteiger partial charge on any atom is -0.475 e. The Labute approximate surface area is 112 Å². The molecule has 1 unspecified atom stereocenters. The first-order chi connectivity index (χ1) is 8.65. The van der Waals surface area contributed by atoms with Crippen LogP contribution in [0.25, 0.3) is 0 Å². The molecule has 1 aromatic heterocycles. The minimum atomic E-state index is -3.74. The fraction of sp³-hybridized carbons (Fsp3) is 0.583. The van der Waals surface area contributed by atoms with Gasteiger partial charge in [-0.05, 0) is 18.8 Å². The molecule has 0 aromatic carbocycles. The Kier molecular flexibility index (Phi) is 4.75. The first-order valence-electron chi connectivity index (χ1n) is 5.98. The van der Waals surface area contributed by atoms with Crippen LogP contribution in [0.4, 0.5) is 0 Å². The number of hydrogen-bond acceptors (Lipinski definition) is 4. The highest BCUT2D eigenvalue weighted by Crippen LogP contribution is 2.20. The lowest BCUT2D eigenvalue weighted by molar-refractivity contribution is 0.0661. The molecule has 19 heavy (non-hydrogen) atoms. The minimum absolute atomic E-state index is 0.0714. The van der Waals surface area contributed by atoms with E-state index in [0.717, 1.165) is 6.07 Å². The van der Waals surface area contributed by atoms with E-state index in [0.29, 0.717) is 12.5 Å². The number of aromatic carboxylic acids is 1. The van der Waals surface area contributed by atoms with Crippen LogP contribution in [-0.4, -0.2) is 26.0 Å². The molecule has 0 spiro atoms. The normalized spacial score (nSPS) is 13.7. The van der Waals surface area contributed by atoms with Crippen molar-refractivity contribution in [1.82, 2.24) is 4.72 Å². The SMILES string of the molecule is Cc1oc(C(=O)O)cc1S(=O)(=O)NCC(C)C(C)C. The lowest BCUT2D eigenvalue weighted by atomic mass is 9.99. The Balaban J connectivity index is 2.92. The van der Waals surface area contributed by atoms with E-state index in [9.17, 15) is 13.2 Å². The number of carboxylic acid groups (broad SMARTS) is 1. The lowest BCUT2D eigenvalue weighted by Gasteiger charge is -2.15. The first kappa shape index (κ1) is 15.7. The third kappa shape index (κ3) is 3.81. The van der Waals surface area contributed by atoms with Crippen molar-refractivity contribution < 1.29 is 22.7 Å². The molecule has 2 N–H and O–H groups in total. The lowest BCUT2D eigenvalue weighted by Crippen LogP contribution is -2.30. The summed E-state index contributed by atoms with van der Waals surface area (Å²) >= 11 is 0. The summed E-state index contributed by atoms with van der Waals surface area (Å²) in [5.41, 5.74) is 0. The molecular weight excluding hydrogens is 270 g/mol. The number of rotatable bonds is 6. The third-order valence-corrected chi connectivity index (χ3v) is 4.64. The highest BCUT2D eigenvalue weighted by atomic mass is 32.2. The van der Waals surface area contributed by atoms with Crippen LogP contribution in [0.15, 0.2) is 15.4 Å². The van der Waals surface area contributed by atoms with E-state index < -0.39 is 16.0 Å². The van der Waals surface area contributed by atoms with Crippen LogP contribution in [0.3, 0.4) is 0 Å². The van der Waals surface area contributed by atoms with Crippen molar-refractivity contribution in [3.8, 4) is 0 Å². The summed E-state index contributed by atoms with van der Waals surface area (Å²) < 4.78 is 31.5. The highest BCUT2D eigenvalue weighted by Gasteiger charge is 2.24. The molecule has 1 rings (SSSR count). The number of carbonyl (C=O) groups is 1. The number of carboxylic acids is 1.